The number of imidazole rings is 1. The van der Waals surface area contributed by atoms with Crippen molar-refractivity contribution in [2.75, 3.05) is 6.54 Å². The van der Waals surface area contributed by atoms with E-state index in [9.17, 15) is 0 Å². The SMILES string of the molecule is CCCn1c(CCC(C)(C)CCN)nc2cnccc21. The average molecular weight is 274 g/mol. The van der Waals surface area contributed by atoms with E-state index in [1.165, 1.54) is 11.3 Å². The van der Waals surface area contributed by atoms with E-state index in [1.807, 2.05) is 12.4 Å². The van der Waals surface area contributed by atoms with E-state index in [0.717, 1.165) is 44.3 Å². The number of fused-ring (bicyclic) bond motifs is 1. The van der Waals surface area contributed by atoms with Gasteiger partial charge in [-0.3, -0.25) is 4.98 Å². The van der Waals surface area contributed by atoms with Gasteiger partial charge in [0.2, 0.25) is 0 Å². The Morgan fingerprint density at radius 2 is 2.10 bits per heavy atom. The third kappa shape index (κ3) is 3.37. The van der Waals surface area contributed by atoms with Crippen molar-refractivity contribution in [3.63, 3.8) is 0 Å². The first-order chi connectivity index (χ1) is 9.57. The Morgan fingerprint density at radius 3 is 2.80 bits per heavy atom. The van der Waals surface area contributed by atoms with Crippen LogP contribution in [0.5, 0.6) is 0 Å². The second-order valence-electron chi connectivity index (χ2n) is 6.25. The van der Waals surface area contributed by atoms with Gasteiger partial charge in [-0.05, 0) is 37.3 Å². The monoisotopic (exact) mass is 274 g/mol. The second-order valence-corrected chi connectivity index (χ2v) is 6.25. The molecule has 0 amide bonds. The summed E-state index contributed by atoms with van der Waals surface area (Å²) in [7, 11) is 0. The van der Waals surface area contributed by atoms with Crippen LogP contribution in [0.1, 0.15) is 45.9 Å². The number of nitrogens with zero attached hydrogens (tertiary/aromatic N) is 3. The molecule has 2 rings (SSSR count). The van der Waals surface area contributed by atoms with Gasteiger partial charge < -0.3 is 10.3 Å². The molecule has 2 aromatic rings. The number of nitrogens with two attached hydrogens (primary N) is 1. The molecule has 2 aromatic heterocycles. The third-order valence-electron chi connectivity index (χ3n) is 3.92. The Labute approximate surface area is 121 Å². The molecule has 20 heavy (non-hydrogen) atoms. The summed E-state index contributed by atoms with van der Waals surface area (Å²) in [6.45, 7) is 8.55. The molecule has 4 nitrogen and oxygen atoms in total. The summed E-state index contributed by atoms with van der Waals surface area (Å²) < 4.78 is 2.34. The summed E-state index contributed by atoms with van der Waals surface area (Å²) in [4.78, 5) is 8.94. The molecule has 0 aromatic carbocycles. The zero-order chi connectivity index (χ0) is 14.6. The van der Waals surface area contributed by atoms with Crippen molar-refractivity contribution in [1.82, 2.24) is 14.5 Å². The molecule has 0 fully saturated rings. The first-order valence-electron chi connectivity index (χ1n) is 7.56. The highest BCUT2D eigenvalue weighted by atomic mass is 15.1. The van der Waals surface area contributed by atoms with Crippen LogP contribution >= 0.6 is 0 Å². The molecule has 0 atom stereocenters. The largest absolute Gasteiger partial charge is 0.330 e. The molecule has 0 unspecified atom stereocenters. The van der Waals surface area contributed by atoms with Gasteiger partial charge in [-0.15, -0.1) is 0 Å². The van der Waals surface area contributed by atoms with Gasteiger partial charge >= 0.3 is 0 Å². The van der Waals surface area contributed by atoms with Gasteiger partial charge in [0.05, 0.1) is 11.7 Å². The van der Waals surface area contributed by atoms with Crippen LogP contribution in [0.3, 0.4) is 0 Å². The molecule has 2 heterocycles. The van der Waals surface area contributed by atoms with E-state index in [1.54, 1.807) is 0 Å². The van der Waals surface area contributed by atoms with E-state index < -0.39 is 0 Å². The first kappa shape index (κ1) is 15.0. The summed E-state index contributed by atoms with van der Waals surface area (Å²) in [5, 5.41) is 0. The maximum absolute atomic E-state index is 5.69. The minimum absolute atomic E-state index is 0.280. The standard InChI is InChI=1S/C16H26N4/c1-4-11-20-14-6-10-18-12-13(14)19-15(20)5-7-16(2,3)8-9-17/h6,10,12H,4-5,7-9,11,17H2,1-3H3. The second kappa shape index (κ2) is 6.35. The van der Waals surface area contributed by atoms with Gasteiger partial charge in [0.15, 0.2) is 0 Å². The van der Waals surface area contributed by atoms with Crippen LogP contribution < -0.4 is 5.73 Å². The smallest absolute Gasteiger partial charge is 0.109 e. The molecular formula is C16H26N4. The molecule has 0 aliphatic carbocycles. The van der Waals surface area contributed by atoms with Crippen molar-refractivity contribution >= 4 is 11.0 Å². The van der Waals surface area contributed by atoms with Crippen LogP contribution in [0.25, 0.3) is 11.0 Å². The number of rotatable bonds is 7. The molecule has 0 aliphatic rings. The number of pyridine rings is 1. The summed E-state index contributed by atoms with van der Waals surface area (Å²) in [5.41, 5.74) is 8.18. The van der Waals surface area contributed by atoms with Crippen LogP contribution in [-0.4, -0.2) is 21.1 Å². The zero-order valence-electron chi connectivity index (χ0n) is 12.9. The van der Waals surface area contributed by atoms with Gasteiger partial charge in [-0.1, -0.05) is 20.8 Å². The number of hydrogen-bond donors (Lipinski definition) is 1. The Bertz CT molecular complexity index is 557. The summed E-state index contributed by atoms with van der Waals surface area (Å²) >= 11 is 0. The van der Waals surface area contributed by atoms with Crippen LogP contribution in [0.4, 0.5) is 0 Å². The summed E-state index contributed by atoms with van der Waals surface area (Å²) in [6, 6.07) is 2.06. The van der Waals surface area contributed by atoms with Crippen LogP contribution in [0.2, 0.25) is 0 Å². The van der Waals surface area contributed by atoms with Crippen molar-refractivity contribution in [2.45, 2.75) is 53.0 Å². The third-order valence-corrected chi connectivity index (χ3v) is 3.92. The maximum Gasteiger partial charge on any atom is 0.109 e. The Kier molecular flexibility index (Phi) is 4.76. The average Bonchev–Trinajstić information content (AvgIpc) is 2.76. The summed E-state index contributed by atoms with van der Waals surface area (Å²) in [6.07, 6.45) is 8.00. The lowest BCUT2D eigenvalue weighted by molar-refractivity contribution is 0.309. The molecule has 0 aliphatic heterocycles. The molecule has 110 valence electrons. The molecule has 0 radical (unpaired) electrons. The van der Waals surface area contributed by atoms with Crippen molar-refractivity contribution in [1.29, 1.82) is 0 Å². The topological polar surface area (TPSA) is 56.7 Å². The van der Waals surface area contributed by atoms with Gasteiger partial charge in [0.1, 0.15) is 11.3 Å². The van der Waals surface area contributed by atoms with Crippen molar-refractivity contribution in [3.8, 4) is 0 Å². The minimum Gasteiger partial charge on any atom is -0.330 e. The van der Waals surface area contributed by atoms with Crippen molar-refractivity contribution < 1.29 is 0 Å². The minimum atomic E-state index is 0.280. The number of hydrogen-bond acceptors (Lipinski definition) is 3. The fraction of sp³-hybridized carbons (Fsp3) is 0.625. The quantitative estimate of drug-likeness (QED) is 0.843. The molecule has 2 N–H and O–H groups in total. The Hall–Kier alpha value is -1.42. The number of aromatic nitrogens is 3. The van der Waals surface area contributed by atoms with Crippen LogP contribution in [0.15, 0.2) is 18.5 Å². The van der Waals surface area contributed by atoms with E-state index in [2.05, 4.69) is 36.4 Å². The predicted molar refractivity (Wildman–Crippen MR) is 83.6 cm³/mol. The van der Waals surface area contributed by atoms with E-state index in [-0.39, 0.29) is 5.41 Å². The van der Waals surface area contributed by atoms with Crippen LogP contribution in [0, 0.1) is 5.41 Å². The van der Waals surface area contributed by atoms with Crippen molar-refractivity contribution in [3.05, 3.63) is 24.3 Å². The number of aryl methyl sites for hydroxylation is 2. The molecule has 4 heteroatoms. The molecular weight excluding hydrogens is 248 g/mol. The van der Waals surface area contributed by atoms with E-state index in [0.29, 0.717) is 0 Å². The van der Waals surface area contributed by atoms with Gasteiger partial charge in [0, 0.05) is 19.2 Å². The van der Waals surface area contributed by atoms with Gasteiger partial charge in [-0.25, -0.2) is 4.98 Å². The molecule has 0 spiro atoms. The molecule has 0 bridgehead atoms. The highest BCUT2D eigenvalue weighted by molar-refractivity contribution is 5.74. The Balaban J connectivity index is 2.22. The fourth-order valence-corrected chi connectivity index (χ4v) is 2.66. The lowest BCUT2D eigenvalue weighted by atomic mass is 9.84. The fourth-order valence-electron chi connectivity index (χ4n) is 2.66. The Morgan fingerprint density at radius 1 is 1.30 bits per heavy atom. The molecule has 0 saturated heterocycles. The van der Waals surface area contributed by atoms with Gasteiger partial charge in [0.25, 0.3) is 0 Å². The van der Waals surface area contributed by atoms with E-state index in [4.69, 9.17) is 10.7 Å². The summed E-state index contributed by atoms with van der Waals surface area (Å²) in [5.74, 6) is 1.18. The maximum atomic E-state index is 5.69. The van der Waals surface area contributed by atoms with Crippen LogP contribution in [-0.2, 0) is 13.0 Å². The lowest BCUT2D eigenvalue weighted by Crippen LogP contribution is -2.18. The highest BCUT2D eigenvalue weighted by Crippen LogP contribution is 2.27. The van der Waals surface area contributed by atoms with Crippen molar-refractivity contribution in [2.24, 2.45) is 11.1 Å². The highest BCUT2D eigenvalue weighted by Gasteiger charge is 2.19. The first-order valence-corrected chi connectivity index (χ1v) is 7.56. The normalized spacial score (nSPS) is 12.2. The van der Waals surface area contributed by atoms with Gasteiger partial charge in [-0.2, -0.15) is 0 Å². The van der Waals surface area contributed by atoms with E-state index >= 15 is 0 Å². The zero-order valence-corrected chi connectivity index (χ0v) is 12.9. The molecule has 0 saturated carbocycles. The lowest BCUT2D eigenvalue weighted by Gasteiger charge is -2.23. The predicted octanol–water partition coefficient (Wildman–Crippen LogP) is 3.15.